The first-order valence-corrected chi connectivity index (χ1v) is 11.6. The second kappa shape index (κ2) is 9.16. The number of anilines is 3. The number of hydrogen-bond donors (Lipinski definition) is 2. The zero-order valence-corrected chi connectivity index (χ0v) is 19.1. The summed E-state index contributed by atoms with van der Waals surface area (Å²) in [6.45, 7) is 6.29. The van der Waals surface area contributed by atoms with Crippen molar-refractivity contribution in [2.45, 2.75) is 39.3 Å². The molecular weight excluding hydrogens is 420 g/mol. The summed E-state index contributed by atoms with van der Waals surface area (Å²) in [4.78, 5) is 14.3. The van der Waals surface area contributed by atoms with Gasteiger partial charge in [-0.3, -0.25) is 0 Å². The van der Waals surface area contributed by atoms with Crippen molar-refractivity contribution in [1.29, 1.82) is 0 Å². The van der Waals surface area contributed by atoms with Crippen LogP contribution >= 0.6 is 12.2 Å². The van der Waals surface area contributed by atoms with E-state index in [1.165, 1.54) is 24.0 Å². The quantitative estimate of drug-likeness (QED) is 0.567. The van der Waals surface area contributed by atoms with E-state index in [-0.39, 0.29) is 0 Å². The Morgan fingerprint density at radius 1 is 1.00 bits per heavy atom. The number of nitrogens with one attached hydrogen (secondary N) is 2. The molecule has 4 heterocycles. The lowest BCUT2D eigenvalue weighted by atomic mass is 10.00. The smallest absolute Gasteiger partial charge is 0.232 e. The molecule has 2 aliphatic heterocycles. The summed E-state index contributed by atoms with van der Waals surface area (Å²) in [6.07, 6.45) is 3.41. The molecule has 2 aromatic heterocycles. The fourth-order valence-corrected chi connectivity index (χ4v) is 4.50. The average Bonchev–Trinajstić information content (AvgIpc) is 3.49. The molecule has 1 fully saturated rings. The van der Waals surface area contributed by atoms with Crippen molar-refractivity contribution in [3.05, 3.63) is 65.1 Å². The minimum Gasteiger partial charge on any atom is -0.465 e. The Bertz CT molecular complexity index is 1110. The average molecular weight is 449 g/mol. The van der Waals surface area contributed by atoms with E-state index in [0.717, 1.165) is 55.8 Å². The molecule has 0 unspecified atom stereocenters. The summed E-state index contributed by atoms with van der Waals surface area (Å²) in [5.41, 5.74) is 2.79. The minimum atomic E-state index is 0.479. The zero-order chi connectivity index (χ0) is 21.9. The summed E-state index contributed by atoms with van der Waals surface area (Å²) < 4.78 is 5.60. The van der Waals surface area contributed by atoms with E-state index < -0.39 is 0 Å². The van der Waals surface area contributed by atoms with Crippen LogP contribution in [0.4, 0.5) is 17.6 Å². The third-order valence-electron chi connectivity index (χ3n) is 6.03. The molecular formula is C24H28N6OS. The van der Waals surface area contributed by atoms with Crippen molar-refractivity contribution in [2.75, 3.05) is 34.8 Å². The first-order chi connectivity index (χ1) is 15.6. The lowest BCUT2D eigenvalue weighted by molar-refractivity contribution is 0.478. The predicted octanol–water partition coefficient (Wildman–Crippen LogP) is 4.03. The van der Waals surface area contributed by atoms with E-state index >= 15 is 0 Å². The Kier molecular flexibility index (Phi) is 5.94. The Morgan fingerprint density at radius 3 is 2.50 bits per heavy atom. The van der Waals surface area contributed by atoms with Crippen molar-refractivity contribution < 1.29 is 4.42 Å². The second-order valence-electron chi connectivity index (χ2n) is 8.36. The standard InChI is InChI=1S/C24H28N6OS/c1-17-8-9-20(31-17)15-25-24(32)28-23-26-21(29-11-4-5-12-29)14-22(27-23)30-13-10-18-6-2-3-7-19(18)16-30/h2-3,6-9,14H,4-5,10-13,15-16H2,1H3,(H2,25,26,27,28,32). The van der Waals surface area contributed by atoms with Crippen LogP contribution in [0.5, 0.6) is 0 Å². The molecule has 1 aromatic carbocycles. The van der Waals surface area contributed by atoms with Gasteiger partial charge in [-0.1, -0.05) is 24.3 Å². The van der Waals surface area contributed by atoms with E-state index in [0.29, 0.717) is 17.6 Å². The Morgan fingerprint density at radius 2 is 1.75 bits per heavy atom. The van der Waals surface area contributed by atoms with Gasteiger partial charge in [0, 0.05) is 32.2 Å². The number of rotatable bonds is 5. The molecule has 0 aliphatic carbocycles. The van der Waals surface area contributed by atoms with Gasteiger partial charge in [0.1, 0.15) is 23.2 Å². The minimum absolute atomic E-state index is 0.479. The number of aryl methyl sites for hydroxylation is 1. The van der Waals surface area contributed by atoms with Gasteiger partial charge in [-0.15, -0.1) is 0 Å². The van der Waals surface area contributed by atoms with Gasteiger partial charge >= 0.3 is 0 Å². The normalized spacial score (nSPS) is 15.5. The zero-order valence-electron chi connectivity index (χ0n) is 18.3. The number of aromatic nitrogens is 2. The summed E-state index contributed by atoms with van der Waals surface area (Å²) >= 11 is 5.50. The van der Waals surface area contributed by atoms with Crippen LogP contribution < -0.4 is 20.4 Å². The van der Waals surface area contributed by atoms with Gasteiger partial charge in [-0.05, 0) is 61.7 Å². The van der Waals surface area contributed by atoms with Crippen molar-refractivity contribution in [3.8, 4) is 0 Å². The van der Waals surface area contributed by atoms with E-state index in [2.05, 4.69) is 50.8 Å². The maximum absolute atomic E-state index is 5.60. The SMILES string of the molecule is Cc1ccc(CNC(=S)Nc2nc(N3CCCC3)cc(N3CCc4ccccc4C3)n2)o1. The summed E-state index contributed by atoms with van der Waals surface area (Å²) in [5.74, 6) is 4.14. The van der Waals surface area contributed by atoms with Crippen molar-refractivity contribution in [1.82, 2.24) is 15.3 Å². The van der Waals surface area contributed by atoms with Crippen LogP contribution in [0.2, 0.25) is 0 Å². The number of thiocarbonyl (C=S) groups is 1. The summed E-state index contributed by atoms with van der Waals surface area (Å²) in [5, 5.41) is 6.84. The van der Waals surface area contributed by atoms with Gasteiger partial charge < -0.3 is 24.9 Å². The maximum atomic E-state index is 5.60. The monoisotopic (exact) mass is 448 g/mol. The van der Waals surface area contributed by atoms with Gasteiger partial charge in [0.05, 0.1) is 6.54 Å². The number of fused-ring (bicyclic) bond motifs is 1. The highest BCUT2D eigenvalue weighted by atomic mass is 32.1. The molecule has 0 radical (unpaired) electrons. The predicted molar refractivity (Wildman–Crippen MR) is 131 cm³/mol. The Balaban J connectivity index is 1.34. The lowest BCUT2D eigenvalue weighted by Gasteiger charge is -2.30. The van der Waals surface area contributed by atoms with Crippen LogP contribution in [0.15, 0.2) is 46.9 Å². The summed E-state index contributed by atoms with van der Waals surface area (Å²) in [6, 6.07) is 14.7. The molecule has 0 bridgehead atoms. The summed E-state index contributed by atoms with van der Waals surface area (Å²) in [7, 11) is 0. The van der Waals surface area contributed by atoms with E-state index in [1.807, 2.05) is 19.1 Å². The van der Waals surface area contributed by atoms with Crippen molar-refractivity contribution in [3.63, 3.8) is 0 Å². The fraction of sp³-hybridized carbons (Fsp3) is 0.375. The van der Waals surface area contributed by atoms with E-state index in [1.54, 1.807) is 0 Å². The van der Waals surface area contributed by atoms with Gasteiger partial charge in [0.25, 0.3) is 0 Å². The molecule has 0 spiro atoms. The van der Waals surface area contributed by atoms with Crippen LogP contribution in [-0.4, -0.2) is 34.7 Å². The molecule has 166 valence electrons. The Labute approximate surface area is 193 Å². The molecule has 0 amide bonds. The van der Waals surface area contributed by atoms with Gasteiger partial charge in [0.15, 0.2) is 5.11 Å². The highest BCUT2D eigenvalue weighted by Gasteiger charge is 2.21. The molecule has 8 heteroatoms. The van der Waals surface area contributed by atoms with Crippen molar-refractivity contribution in [2.24, 2.45) is 0 Å². The largest absolute Gasteiger partial charge is 0.465 e. The molecule has 5 rings (SSSR count). The van der Waals surface area contributed by atoms with Gasteiger partial charge in [0.2, 0.25) is 5.95 Å². The van der Waals surface area contributed by atoms with E-state index in [4.69, 9.17) is 26.6 Å². The van der Waals surface area contributed by atoms with E-state index in [9.17, 15) is 0 Å². The third kappa shape index (κ3) is 4.70. The van der Waals surface area contributed by atoms with Gasteiger partial charge in [-0.25, -0.2) is 0 Å². The van der Waals surface area contributed by atoms with Crippen LogP contribution in [-0.2, 0) is 19.5 Å². The van der Waals surface area contributed by atoms with Crippen molar-refractivity contribution >= 4 is 34.9 Å². The molecule has 2 aliphatic rings. The number of hydrogen-bond acceptors (Lipinski definition) is 6. The Hall–Kier alpha value is -3.13. The number of benzene rings is 1. The fourth-order valence-electron chi connectivity index (χ4n) is 4.33. The van der Waals surface area contributed by atoms with Crippen LogP contribution in [0.3, 0.4) is 0 Å². The molecule has 0 saturated carbocycles. The van der Waals surface area contributed by atoms with Crippen LogP contribution in [0.1, 0.15) is 35.5 Å². The molecule has 7 nitrogen and oxygen atoms in total. The second-order valence-corrected chi connectivity index (χ2v) is 8.77. The highest BCUT2D eigenvalue weighted by Crippen LogP contribution is 2.28. The molecule has 1 saturated heterocycles. The lowest BCUT2D eigenvalue weighted by Crippen LogP contribution is -2.33. The first-order valence-electron chi connectivity index (χ1n) is 11.2. The molecule has 0 atom stereocenters. The van der Waals surface area contributed by atoms with Crippen LogP contribution in [0.25, 0.3) is 0 Å². The number of furan rings is 1. The first kappa shape index (κ1) is 20.8. The molecule has 3 aromatic rings. The topological polar surface area (TPSA) is 69.5 Å². The molecule has 32 heavy (non-hydrogen) atoms. The van der Waals surface area contributed by atoms with Gasteiger partial charge in [-0.2, -0.15) is 9.97 Å². The highest BCUT2D eigenvalue weighted by molar-refractivity contribution is 7.80. The third-order valence-corrected chi connectivity index (χ3v) is 6.27. The molecule has 2 N–H and O–H groups in total. The number of nitrogens with zero attached hydrogens (tertiary/aromatic N) is 4. The van der Waals surface area contributed by atoms with Crippen LogP contribution in [0, 0.1) is 6.92 Å². The maximum Gasteiger partial charge on any atom is 0.232 e.